The molecule has 2 rings (SSSR count). The van der Waals surface area contributed by atoms with E-state index in [-0.39, 0.29) is 12.6 Å². The number of carboxylic acid groups (broad SMARTS) is 1. The van der Waals surface area contributed by atoms with Crippen LogP contribution in [0.4, 0.5) is 0 Å². The molecule has 0 aliphatic carbocycles. The zero-order valence-electron chi connectivity index (χ0n) is 11.4. The Labute approximate surface area is 127 Å². The molecular formula is C13H19ClN2O3S. The second kappa shape index (κ2) is 7.38. The molecule has 1 unspecified atom stereocenters. The van der Waals surface area contributed by atoms with Crippen molar-refractivity contribution in [2.45, 2.75) is 12.6 Å². The van der Waals surface area contributed by atoms with Gasteiger partial charge in [-0.2, -0.15) is 0 Å². The van der Waals surface area contributed by atoms with Crippen LogP contribution in [0.2, 0.25) is 4.34 Å². The maximum absolute atomic E-state index is 10.7. The Hall–Kier alpha value is -0.660. The molecule has 1 saturated heterocycles. The molecule has 112 valence electrons. The highest BCUT2D eigenvalue weighted by molar-refractivity contribution is 7.16. The molecule has 1 fully saturated rings. The largest absolute Gasteiger partial charge is 0.480 e. The zero-order valence-corrected chi connectivity index (χ0v) is 13.0. The molecule has 0 radical (unpaired) electrons. The summed E-state index contributed by atoms with van der Waals surface area (Å²) in [4.78, 5) is 16.0. The highest BCUT2D eigenvalue weighted by atomic mass is 35.5. The fourth-order valence-corrected chi connectivity index (χ4v) is 3.46. The number of carboxylic acids is 1. The van der Waals surface area contributed by atoms with Crippen LogP contribution in [0.3, 0.4) is 0 Å². The second-order valence-corrected chi connectivity index (χ2v) is 6.82. The molecule has 7 heteroatoms. The molecule has 1 N–H and O–H groups in total. The van der Waals surface area contributed by atoms with Crippen molar-refractivity contribution in [3.05, 3.63) is 21.3 Å². The molecule has 5 nitrogen and oxygen atoms in total. The Kier molecular flexibility index (Phi) is 5.80. The lowest BCUT2D eigenvalue weighted by Crippen LogP contribution is -2.47. The minimum atomic E-state index is -0.812. The van der Waals surface area contributed by atoms with Gasteiger partial charge < -0.3 is 9.84 Å². The van der Waals surface area contributed by atoms with Gasteiger partial charge >= 0.3 is 5.97 Å². The molecule has 0 amide bonds. The van der Waals surface area contributed by atoms with E-state index in [0.29, 0.717) is 13.2 Å². The predicted molar refractivity (Wildman–Crippen MR) is 79.5 cm³/mol. The van der Waals surface area contributed by atoms with Crippen LogP contribution in [0.5, 0.6) is 0 Å². The number of thiophene rings is 1. The minimum absolute atomic E-state index is 0.0421. The summed E-state index contributed by atoms with van der Waals surface area (Å²) >= 11 is 7.54. The molecule has 1 aliphatic rings. The fourth-order valence-electron chi connectivity index (χ4n) is 2.33. The summed E-state index contributed by atoms with van der Waals surface area (Å²) in [7, 11) is 1.80. The zero-order chi connectivity index (χ0) is 14.5. The average molecular weight is 319 g/mol. The molecule has 1 aromatic rings. The normalized spacial score (nSPS) is 20.4. The van der Waals surface area contributed by atoms with E-state index in [2.05, 4.69) is 4.90 Å². The number of carbonyl (C=O) groups is 1. The summed E-state index contributed by atoms with van der Waals surface area (Å²) in [5.74, 6) is -0.812. The lowest BCUT2D eigenvalue weighted by molar-refractivity contribution is -0.138. The van der Waals surface area contributed by atoms with Crippen molar-refractivity contribution in [2.24, 2.45) is 0 Å². The molecule has 0 spiro atoms. The van der Waals surface area contributed by atoms with Crippen molar-refractivity contribution >= 4 is 28.9 Å². The lowest BCUT2D eigenvalue weighted by atomic mass is 10.2. The first-order chi connectivity index (χ1) is 9.52. The van der Waals surface area contributed by atoms with E-state index in [1.165, 1.54) is 4.88 Å². The second-order valence-electron chi connectivity index (χ2n) is 5.02. The molecule has 1 aromatic heterocycles. The van der Waals surface area contributed by atoms with Crippen LogP contribution >= 0.6 is 22.9 Å². The molecule has 0 aromatic carbocycles. The first kappa shape index (κ1) is 15.7. The average Bonchev–Trinajstić information content (AvgIpc) is 2.74. The van der Waals surface area contributed by atoms with Gasteiger partial charge in [0.05, 0.1) is 23.6 Å². The van der Waals surface area contributed by atoms with Gasteiger partial charge in [0.2, 0.25) is 0 Å². The van der Waals surface area contributed by atoms with Gasteiger partial charge in [-0.05, 0) is 19.2 Å². The Morgan fingerprint density at radius 3 is 3.10 bits per heavy atom. The number of rotatable bonds is 6. The SMILES string of the molecule is CN(CC(=O)O)CC1CN(Cc2ccc(Cl)s2)CCO1. The quantitative estimate of drug-likeness (QED) is 0.864. The van der Waals surface area contributed by atoms with Crippen molar-refractivity contribution in [3.63, 3.8) is 0 Å². The Morgan fingerprint density at radius 1 is 1.65 bits per heavy atom. The van der Waals surface area contributed by atoms with E-state index < -0.39 is 5.97 Å². The van der Waals surface area contributed by atoms with Crippen LogP contribution in [-0.2, 0) is 16.1 Å². The van der Waals surface area contributed by atoms with Gasteiger partial charge in [-0.3, -0.25) is 14.6 Å². The molecule has 20 heavy (non-hydrogen) atoms. The number of hydrogen-bond acceptors (Lipinski definition) is 5. The molecular weight excluding hydrogens is 300 g/mol. The highest BCUT2D eigenvalue weighted by Crippen LogP contribution is 2.23. The van der Waals surface area contributed by atoms with Crippen LogP contribution in [0, 0.1) is 0 Å². The van der Waals surface area contributed by atoms with Gasteiger partial charge in [-0.1, -0.05) is 11.6 Å². The van der Waals surface area contributed by atoms with E-state index >= 15 is 0 Å². The van der Waals surface area contributed by atoms with Crippen molar-refractivity contribution in [1.29, 1.82) is 0 Å². The van der Waals surface area contributed by atoms with Crippen LogP contribution in [0.25, 0.3) is 0 Å². The van der Waals surface area contributed by atoms with Crippen LogP contribution < -0.4 is 0 Å². The summed E-state index contributed by atoms with van der Waals surface area (Å²) in [6.45, 7) is 3.95. The molecule has 1 aliphatic heterocycles. The summed E-state index contributed by atoms with van der Waals surface area (Å²) in [6, 6.07) is 3.97. The first-order valence-electron chi connectivity index (χ1n) is 6.51. The maximum Gasteiger partial charge on any atom is 0.317 e. The summed E-state index contributed by atoms with van der Waals surface area (Å²) in [6.07, 6.45) is 0.0588. The minimum Gasteiger partial charge on any atom is -0.480 e. The summed E-state index contributed by atoms with van der Waals surface area (Å²) in [5.41, 5.74) is 0. The van der Waals surface area contributed by atoms with Gasteiger partial charge in [0.25, 0.3) is 0 Å². The van der Waals surface area contributed by atoms with Gasteiger partial charge in [-0.25, -0.2) is 0 Å². The third kappa shape index (κ3) is 5.03. The lowest BCUT2D eigenvalue weighted by Gasteiger charge is -2.34. The van der Waals surface area contributed by atoms with E-state index in [1.54, 1.807) is 23.3 Å². The van der Waals surface area contributed by atoms with Crippen LogP contribution in [-0.4, -0.2) is 66.8 Å². The molecule has 0 saturated carbocycles. The maximum atomic E-state index is 10.7. The molecule has 1 atom stereocenters. The van der Waals surface area contributed by atoms with Crippen molar-refractivity contribution in [1.82, 2.24) is 9.80 Å². The standard InChI is InChI=1S/C13H19ClN2O3S/c1-15(9-13(17)18)6-10-7-16(4-5-19-10)8-11-2-3-12(14)20-11/h2-3,10H,4-9H2,1H3,(H,17,18). The molecule has 0 bridgehead atoms. The highest BCUT2D eigenvalue weighted by Gasteiger charge is 2.22. The van der Waals surface area contributed by atoms with Crippen LogP contribution in [0.1, 0.15) is 4.88 Å². The number of hydrogen-bond donors (Lipinski definition) is 1. The van der Waals surface area contributed by atoms with Gasteiger partial charge in [-0.15, -0.1) is 11.3 Å². The predicted octanol–water partition coefficient (Wildman–Crippen LogP) is 1.62. The fraction of sp³-hybridized carbons (Fsp3) is 0.615. The van der Waals surface area contributed by atoms with Crippen LogP contribution in [0.15, 0.2) is 12.1 Å². The van der Waals surface area contributed by atoms with Gasteiger partial charge in [0.15, 0.2) is 0 Å². The van der Waals surface area contributed by atoms with Crippen molar-refractivity contribution in [2.75, 3.05) is 39.8 Å². The first-order valence-corrected chi connectivity index (χ1v) is 7.71. The van der Waals surface area contributed by atoms with Crippen molar-refractivity contribution in [3.8, 4) is 0 Å². The van der Waals surface area contributed by atoms with E-state index in [1.807, 2.05) is 12.1 Å². The number of halogens is 1. The third-order valence-electron chi connectivity index (χ3n) is 3.15. The Morgan fingerprint density at radius 2 is 2.45 bits per heavy atom. The Bertz CT molecular complexity index is 455. The van der Waals surface area contributed by atoms with Gasteiger partial charge in [0.1, 0.15) is 0 Å². The smallest absolute Gasteiger partial charge is 0.317 e. The number of ether oxygens (including phenoxy) is 1. The monoisotopic (exact) mass is 318 g/mol. The summed E-state index contributed by atoms with van der Waals surface area (Å²) < 4.78 is 6.52. The molecule has 2 heterocycles. The Balaban J connectivity index is 1.80. The number of morpholine rings is 1. The van der Waals surface area contributed by atoms with E-state index in [9.17, 15) is 4.79 Å². The number of likely N-dealkylation sites (N-methyl/N-ethyl adjacent to an activating group) is 1. The third-order valence-corrected chi connectivity index (χ3v) is 4.37. The topological polar surface area (TPSA) is 53.0 Å². The summed E-state index contributed by atoms with van der Waals surface area (Å²) in [5, 5.41) is 8.76. The van der Waals surface area contributed by atoms with E-state index in [4.69, 9.17) is 21.4 Å². The number of aliphatic carboxylic acids is 1. The van der Waals surface area contributed by atoms with E-state index in [0.717, 1.165) is 24.0 Å². The van der Waals surface area contributed by atoms with Crippen molar-refractivity contribution < 1.29 is 14.6 Å². The number of nitrogens with zero attached hydrogens (tertiary/aromatic N) is 2. The van der Waals surface area contributed by atoms with Gasteiger partial charge in [0, 0.05) is 31.1 Å².